The van der Waals surface area contributed by atoms with E-state index in [1.54, 1.807) is 0 Å². The number of rotatable bonds is 1. The van der Waals surface area contributed by atoms with Gasteiger partial charge >= 0.3 is 69.9 Å². The quantitative estimate of drug-likeness (QED) is 0.309. The Balaban J connectivity index is 0. The third-order valence-corrected chi connectivity index (χ3v) is 2.14. The van der Waals surface area contributed by atoms with Crippen LogP contribution in [0.5, 0.6) is 0 Å². The number of halogens is 2. The Morgan fingerprint density at radius 1 is 0.778 bits per heavy atom. The summed E-state index contributed by atoms with van der Waals surface area (Å²) >= 11 is 0. The van der Waals surface area contributed by atoms with Gasteiger partial charge in [0, 0.05) is 0 Å². The fraction of sp³-hybridized carbons (Fsp3) is 0. The van der Waals surface area contributed by atoms with Gasteiger partial charge in [-0.15, -0.1) is 0 Å². The maximum atomic E-state index is 10.9. The molecule has 0 bridgehead atoms. The van der Waals surface area contributed by atoms with Crippen LogP contribution in [0.3, 0.4) is 0 Å². The predicted octanol–water partition coefficient (Wildman–Crippen LogP) is -1.15. The minimum absolute atomic E-state index is 0. The first-order valence-corrected chi connectivity index (χ1v) is 4.43. The van der Waals surface area contributed by atoms with Gasteiger partial charge in [0.25, 0.3) is 0 Å². The summed E-state index contributed by atoms with van der Waals surface area (Å²) < 4.78 is 57.9. The molecule has 0 fully saturated rings. The summed E-state index contributed by atoms with van der Waals surface area (Å²) in [6.45, 7) is 0. The molecule has 9 heteroatoms. The van der Waals surface area contributed by atoms with Crippen molar-refractivity contribution in [3.8, 4) is 0 Å². The summed E-state index contributed by atoms with van der Waals surface area (Å²) in [5.74, 6) is 0. The monoisotopic (exact) mass is 206 g/mol. The van der Waals surface area contributed by atoms with Gasteiger partial charge in [-0.2, -0.15) is 16.8 Å². The van der Waals surface area contributed by atoms with Crippen molar-refractivity contribution >= 4 is 69.9 Å². The van der Waals surface area contributed by atoms with Gasteiger partial charge in [0.2, 0.25) is 0 Å². The van der Waals surface area contributed by atoms with E-state index >= 15 is 0 Å². The van der Waals surface area contributed by atoms with Crippen LogP contribution in [-0.4, -0.2) is 68.2 Å². The molecule has 0 radical (unpaired) electrons. The van der Waals surface area contributed by atoms with E-state index in [1.807, 2.05) is 0 Å². The molecule has 0 aliphatic heterocycles. The van der Waals surface area contributed by atoms with Crippen molar-refractivity contribution in [1.29, 1.82) is 0 Å². The first-order chi connectivity index (χ1) is 3.25. The summed E-state index contributed by atoms with van der Waals surface area (Å²) in [4.78, 5) is 0. The van der Waals surface area contributed by atoms with Crippen LogP contribution in [-0.2, 0) is 18.5 Å². The molecule has 0 atom stereocenters. The second-order valence-corrected chi connectivity index (χ2v) is 4.75. The van der Waals surface area contributed by atoms with Crippen molar-refractivity contribution in [2.24, 2.45) is 0 Å². The van der Waals surface area contributed by atoms with Gasteiger partial charge in [0.05, 0.1) is 0 Å². The van der Waals surface area contributed by atoms with Gasteiger partial charge in [0.15, 0.2) is 0 Å². The molecule has 0 aromatic rings. The Kier molecular flexibility index (Phi) is 5.34. The van der Waals surface area contributed by atoms with Crippen LogP contribution in [0.4, 0.5) is 7.77 Å². The Hall–Kier alpha value is 1.40. The van der Waals surface area contributed by atoms with Gasteiger partial charge in [-0.3, -0.25) is 0 Å². The Bertz CT molecular complexity index is 229. The molecule has 0 aromatic carbocycles. The topological polar surface area (TPSA) is 68.3 Å². The molecular formula is HF2KO4S2. The molecule has 0 unspecified atom stereocenters. The Morgan fingerprint density at radius 3 is 0.889 bits per heavy atom. The zero-order chi connectivity index (χ0) is 7.00. The fourth-order valence-electron chi connectivity index (χ4n) is 0. The zero-order valence-electron chi connectivity index (χ0n) is 3.21. The van der Waals surface area contributed by atoms with Crippen LogP contribution in [0.2, 0.25) is 0 Å². The van der Waals surface area contributed by atoms with Gasteiger partial charge in [-0.25, -0.2) is 0 Å². The standard InChI is InChI=1S/F2O4S2.K.H/c1-7(3,4)8(2,5)6;;. The van der Waals surface area contributed by atoms with Crippen LogP contribution in [0, 0.1) is 0 Å². The summed E-state index contributed by atoms with van der Waals surface area (Å²) in [6, 6.07) is 0. The molecule has 0 amide bonds. The van der Waals surface area contributed by atoms with Crippen molar-refractivity contribution in [3.63, 3.8) is 0 Å². The third kappa shape index (κ3) is 4.76. The third-order valence-electron chi connectivity index (χ3n) is 0.238. The predicted molar refractivity (Wildman–Crippen MR) is 27.2 cm³/mol. The van der Waals surface area contributed by atoms with Crippen molar-refractivity contribution in [2.75, 3.05) is 0 Å². The molecule has 4 nitrogen and oxygen atoms in total. The van der Waals surface area contributed by atoms with E-state index in [4.69, 9.17) is 16.8 Å². The minimum atomic E-state index is -6.03. The van der Waals surface area contributed by atoms with E-state index in [9.17, 15) is 7.77 Å². The second-order valence-electron chi connectivity index (χ2n) is 0.786. The molecule has 0 N–H and O–H groups in total. The number of hydrogen-bond donors (Lipinski definition) is 0. The van der Waals surface area contributed by atoms with Crippen molar-refractivity contribution in [3.05, 3.63) is 0 Å². The average molecular weight is 206 g/mol. The molecule has 0 aliphatic carbocycles. The summed E-state index contributed by atoms with van der Waals surface area (Å²) in [5, 5.41) is 0. The first-order valence-electron chi connectivity index (χ1n) is 1.14. The van der Waals surface area contributed by atoms with Crippen LogP contribution in [0.15, 0.2) is 0 Å². The SMILES string of the molecule is O=S(=O)(F)S(=O)(=O)F.[KH]. The molecule has 0 saturated heterocycles. The van der Waals surface area contributed by atoms with Gasteiger partial charge in [-0.05, 0) is 0 Å². The average Bonchev–Trinajstić information content (AvgIpc) is 1.25. The summed E-state index contributed by atoms with van der Waals surface area (Å²) in [6.07, 6.45) is 0. The van der Waals surface area contributed by atoms with E-state index in [2.05, 4.69) is 0 Å². The Morgan fingerprint density at radius 2 is 0.889 bits per heavy atom. The van der Waals surface area contributed by atoms with Crippen molar-refractivity contribution in [2.45, 2.75) is 0 Å². The molecule has 0 saturated carbocycles. The second kappa shape index (κ2) is 3.69. The van der Waals surface area contributed by atoms with Crippen LogP contribution in [0.1, 0.15) is 0 Å². The normalized spacial score (nSPS) is 12.2. The summed E-state index contributed by atoms with van der Waals surface area (Å²) in [5.41, 5.74) is 0. The fourth-order valence-corrected chi connectivity index (χ4v) is 0. The first kappa shape index (κ1) is 13.0. The van der Waals surface area contributed by atoms with Gasteiger partial charge < -0.3 is 0 Å². The molecule has 0 rings (SSSR count). The van der Waals surface area contributed by atoms with Crippen LogP contribution >= 0.6 is 0 Å². The van der Waals surface area contributed by atoms with Gasteiger partial charge in [0.1, 0.15) is 0 Å². The molecule has 0 aromatic heterocycles. The van der Waals surface area contributed by atoms with Crippen molar-refractivity contribution in [1.82, 2.24) is 0 Å². The maximum absolute atomic E-state index is 10.9. The molecule has 0 aliphatic rings. The molecule has 9 heavy (non-hydrogen) atoms. The van der Waals surface area contributed by atoms with Crippen molar-refractivity contribution < 1.29 is 24.6 Å². The van der Waals surface area contributed by atoms with E-state index in [0.29, 0.717) is 0 Å². The molecule has 52 valence electrons. The molecule has 0 heterocycles. The number of hydrogen-bond acceptors (Lipinski definition) is 4. The van der Waals surface area contributed by atoms with E-state index in [0.717, 1.165) is 0 Å². The Labute approximate surface area is 92.9 Å². The van der Waals surface area contributed by atoms with Crippen LogP contribution < -0.4 is 0 Å². The van der Waals surface area contributed by atoms with E-state index in [1.165, 1.54) is 0 Å². The zero-order valence-corrected chi connectivity index (χ0v) is 4.84. The van der Waals surface area contributed by atoms with Crippen LogP contribution in [0.25, 0.3) is 0 Å². The van der Waals surface area contributed by atoms with Gasteiger partial charge in [-0.1, -0.05) is 7.77 Å². The van der Waals surface area contributed by atoms with E-state index in [-0.39, 0.29) is 51.4 Å². The molecular weight excluding hydrogens is 205 g/mol. The molecule has 0 spiro atoms. The summed E-state index contributed by atoms with van der Waals surface area (Å²) in [7, 11) is -12.1. The van der Waals surface area contributed by atoms with E-state index < -0.39 is 18.5 Å².